The van der Waals surface area contributed by atoms with Crippen molar-refractivity contribution in [3.63, 3.8) is 0 Å². The van der Waals surface area contributed by atoms with Crippen LogP contribution in [0.2, 0.25) is 0 Å². The minimum atomic E-state index is -2.44. The Labute approximate surface area is 142 Å². The molecule has 0 saturated carbocycles. The van der Waals surface area contributed by atoms with E-state index in [1.54, 1.807) is 48.5 Å². The standard InChI is InChI=1S/C16H14F2N2OS2/c1-10(21)11-3-2-4-13(9-11)20-16(22)19-12-5-7-14(8-6-12)23-15(17)18/h2-9,15H,1H3,(H2,19,20,22). The molecule has 23 heavy (non-hydrogen) atoms. The number of ketones is 1. The van der Waals surface area contributed by atoms with Crippen molar-refractivity contribution in [2.75, 3.05) is 10.6 Å². The van der Waals surface area contributed by atoms with Gasteiger partial charge in [-0.2, -0.15) is 8.78 Å². The number of thioether (sulfide) groups is 1. The van der Waals surface area contributed by atoms with Gasteiger partial charge in [0.05, 0.1) is 0 Å². The molecule has 0 aliphatic heterocycles. The van der Waals surface area contributed by atoms with Crippen molar-refractivity contribution in [1.82, 2.24) is 0 Å². The molecule has 0 unspecified atom stereocenters. The first-order valence-corrected chi connectivity index (χ1v) is 7.97. The summed E-state index contributed by atoms with van der Waals surface area (Å²) in [6, 6.07) is 13.5. The van der Waals surface area contributed by atoms with E-state index in [0.717, 1.165) is 0 Å². The minimum absolute atomic E-state index is 0.0281. The van der Waals surface area contributed by atoms with Crippen LogP contribution in [0.1, 0.15) is 17.3 Å². The first-order chi connectivity index (χ1) is 10.9. The average molecular weight is 352 g/mol. The van der Waals surface area contributed by atoms with E-state index in [1.807, 2.05) is 0 Å². The van der Waals surface area contributed by atoms with E-state index >= 15 is 0 Å². The lowest BCUT2D eigenvalue weighted by Gasteiger charge is -2.11. The number of thiocarbonyl (C=S) groups is 1. The molecule has 0 aliphatic carbocycles. The number of carbonyl (C=O) groups excluding carboxylic acids is 1. The zero-order valence-electron chi connectivity index (χ0n) is 12.2. The molecule has 120 valence electrons. The van der Waals surface area contributed by atoms with E-state index in [9.17, 15) is 13.6 Å². The third kappa shape index (κ3) is 5.61. The van der Waals surface area contributed by atoms with Crippen molar-refractivity contribution in [3.8, 4) is 0 Å². The van der Waals surface area contributed by atoms with Crippen molar-refractivity contribution in [3.05, 3.63) is 54.1 Å². The first kappa shape index (κ1) is 17.4. The number of halogens is 2. The van der Waals surface area contributed by atoms with Crippen molar-refractivity contribution in [1.29, 1.82) is 0 Å². The molecule has 0 spiro atoms. The Morgan fingerprint density at radius 3 is 2.35 bits per heavy atom. The highest BCUT2D eigenvalue weighted by Crippen LogP contribution is 2.26. The molecule has 2 aromatic carbocycles. The Balaban J connectivity index is 1.96. The molecule has 0 amide bonds. The second kappa shape index (κ2) is 8.03. The fraction of sp³-hybridized carbons (Fsp3) is 0.125. The molecule has 0 fully saturated rings. The summed E-state index contributed by atoms with van der Waals surface area (Å²) >= 11 is 5.69. The quantitative estimate of drug-likeness (QED) is 0.450. The van der Waals surface area contributed by atoms with Crippen molar-refractivity contribution in [2.45, 2.75) is 17.6 Å². The van der Waals surface area contributed by atoms with E-state index < -0.39 is 5.76 Å². The number of carbonyl (C=O) groups is 1. The van der Waals surface area contributed by atoms with E-state index in [4.69, 9.17) is 12.2 Å². The van der Waals surface area contributed by atoms with Crippen LogP contribution in [0.5, 0.6) is 0 Å². The van der Waals surface area contributed by atoms with Crippen LogP contribution in [0.25, 0.3) is 0 Å². The topological polar surface area (TPSA) is 41.1 Å². The number of hydrogen-bond donors (Lipinski definition) is 2. The van der Waals surface area contributed by atoms with Crippen LogP contribution in [-0.4, -0.2) is 16.7 Å². The smallest absolute Gasteiger partial charge is 0.288 e. The molecule has 0 radical (unpaired) electrons. The molecular weight excluding hydrogens is 338 g/mol. The van der Waals surface area contributed by atoms with Crippen LogP contribution in [0.4, 0.5) is 20.2 Å². The largest absolute Gasteiger partial charge is 0.332 e. The maximum atomic E-state index is 12.3. The maximum Gasteiger partial charge on any atom is 0.288 e. The summed E-state index contributed by atoms with van der Waals surface area (Å²) in [5, 5.41) is 6.28. The number of rotatable bonds is 5. The number of nitrogens with one attached hydrogen (secondary N) is 2. The van der Waals surface area contributed by atoms with Gasteiger partial charge < -0.3 is 10.6 Å². The highest BCUT2D eigenvalue weighted by molar-refractivity contribution is 7.99. The van der Waals surface area contributed by atoms with Gasteiger partial charge in [-0.3, -0.25) is 4.79 Å². The Morgan fingerprint density at radius 1 is 1.09 bits per heavy atom. The van der Waals surface area contributed by atoms with Gasteiger partial charge in [0.2, 0.25) is 0 Å². The van der Waals surface area contributed by atoms with Gasteiger partial charge in [0.1, 0.15) is 0 Å². The summed E-state index contributed by atoms with van der Waals surface area (Å²) in [4.78, 5) is 11.8. The zero-order chi connectivity index (χ0) is 16.8. The van der Waals surface area contributed by atoms with Gasteiger partial charge in [-0.15, -0.1) is 0 Å². The van der Waals surface area contributed by atoms with Crippen LogP contribution in [0.3, 0.4) is 0 Å². The summed E-state index contributed by atoms with van der Waals surface area (Å²) in [5.41, 5.74) is 1.97. The molecular formula is C16H14F2N2OS2. The molecule has 7 heteroatoms. The number of hydrogen-bond acceptors (Lipinski definition) is 3. The average Bonchev–Trinajstić information content (AvgIpc) is 2.49. The summed E-state index contributed by atoms with van der Waals surface area (Å²) < 4.78 is 24.5. The molecule has 2 N–H and O–H groups in total. The van der Waals surface area contributed by atoms with Crippen molar-refractivity contribution >= 4 is 46.3 Å². The van der Waals surface area contributed by atoms with Crippen molar-refractivity contribution in [2.24, 2.45) is 0 Å². The fourth-order valence-corrected chi connectivity index (χ4v) is 2.56. The van der Waals surface area contributed by atoms with E-state index in [2.05, 4.69) is 10.6 Å². The Hall–Kier alpha value is -1.99. The summed E-state index contributed by atoms with van der Waals surface area (Å²) in [6.07, 6.45) is 0. The lowest BCUT2D eigenvalue weighted by molar-refractivity contribution is 0.101. The van der Waals surface area contributed by atoms with Crippen molar-refractivity contribution < 1.29 is 13.6 Å². The first-order valence-electron chi connectivity index (χ1n) is 6.68. The maximum absolute atomic E-state index is 12.3. The lowest BCUT2D eigenvalue weighted by Crippen LogP contribution is -2.19. The van der Waals surface area contributed by atoms with Gasteiger partial charge in [0, 0.05) is 21.8 Å². The second-order valence-corrected chi connectivity index (χ2v) is 6.09. The van der Waals surface area contributed by atoms with Crippen LogP contribution in [-0.2, 0) is 0 Å². The molecule has 2 aromatic rings. The van der Waals surface area contributed by atoms with E-state index in [-0.39, 0.29) is 5.78 Å². The molecule has 0 atom stereocenters. The third-order valence-electron chi connectivity index (χ3n) is 2.86. The summed E-state index contributed by atoms with van der Waals surface area (Å²) in [7, 11) is 0. The lowest BCUT2D eigenvalue weighted by atomic mass is 10.1. The molecule has 0 saturated heterocycles. The normalized spacial score (nSPS) is 10.4. The molecule has 3 nitrogen and oxygen atoms in total. The fourth-order valence-electron chi connectivity index (χ4n) is 1.83. The van der Waals surface area contributed by atoms with E-state index in [1.165, 1.54) is 6.92 Å². The molecule has 0 heterocycles. The Bertz CT molecular complexity index is 705. The predicted octanol–water partition coefficient (Wildman–Crippen LogP) is 5.01. The van der Waals surface area contributed by atoms with Crippen LogP contribution in [0, 0.1) is 0 Å². The second-order valence-electron chi connectivity index (χ2n) is 4.62. The number of Topliss-reactive ketones (excluding diaryl/α,β-unsaturated/α-hetero) is 1. The number of benzene rings is 2. The third-order valence-corrected chi connectivity index (χ3v) is 3.79. The van der Waals surface area contributed by atoms with Gasteiger partial charge in [-0.25, -0.2) is 0 Å². The predicted molar refractivity (Wildman–Crippen MR) is 94.6 cm³/mol. The molecule has 0 aliphatic rings. The van der Waals surface area contributed by atoms with Crippen LogP contribution < -0.4 is 10.6 Å². The number of alkyl halides is 2. The molecule has 0 bridgehead atoms. The highest BCUT2D eigenvalue weighted by Gasteiger charge is 2.06. The van der Waals surface area contributed by atoms with Gasteiger partial charge in [0.15, 0.2) is 10.9 Å². The summed E-state index contributed by atoms with van der Waals surface area (Å²) in [5.74, 6) is -2.47. The Kier molecular flexibility index (Phi) is 6.06. The van der Waals surface area contributed by atoms with Gasteiger partial charge >= 0.3 is 0 Å². The van der Waals surface area contributed by atoms with Crippen LogP contribution >= 0.6 is 24.0 Å². The van der Waals surface area contributed by atoms with Crippen LogP contribution in [0.15, 0.2) is 53.4 Å². The SMILES string of the molecule is CC(=O)c1cccc(NC(=S)Nc2ccc(SC(F)F)cc2)c1. The molecule has 0 aromatic heterocycles. The Morgan fingerprint density at radius 2 is 1.74 bits per heavy atom. The molecule has 2 rings (SSSR count). The monoisotopic (exact) mass is 352 g/mol. The summed E-state index contributed by atoms with van der Waals surface area (Å²) in [6.45, 7) is 1.49. The highest BCUT2D eigenvalue weighted by atomic mass is 32.2. The number of anilines is 2. The minimum Gasteiger partial charge on any atom is -0.332 e. The van der Waals surface area contributed by atoms with Gasteiger partial charge in [-0.05, 0) is 55.5 Å². The van der Waals surface area contributed by atoms with E-state index in [0.29, 0.717) is 38.7 Å². The zero-order valence-corrected chi connectivity index (χ0v) is 13.8. The van der Waals surface area contributed by atoms with Gasteiger partial charge in [0.25, 0.3) is 5.76 Å². The van der Waals surface area contributed by atoms with Gasteiger partial charge in [-0.1, -0.05) is 23.9 Å².